The average molecular weight is 203 g/mol. The standard InChI is InChI=1S/C11H13N3O/c12-6-3-8-9(10(13)4-6)5-14(11(8)15)7-1-2-7/h3-4,7H,1-2,5,12-13H2. The molecule has 0 unspecified atom stereocenters. The van der Waals surface area contributed by atoms with Crippen molar-refractivity contribution in [1.82, 2.24) is 4.90 Å². The number of fused-ring (bicyclic) bond motifs is 1. The molecule has 1 aliphatic carbocycles. The molecular weight excluding hydrogens is 190 g/mol. The fourth-order valence-corrected chi connectivity index (χ4v) is 2.16. The molecule has 1 fully saturated rings. The second-order valence-corrected chi connectivity index (χ2v) is 4.30. The summed E-state index contributed by atoms with van der Waals surface area (Å²) in [5.41, 5.74) is 14.4. The van der Waals surface area contributed by atoms with Crippen molar-refractivity contribution in [3.05, 3.63) is 23.3 Å². The summed E-state index contributed by atoms with van der Waals surface area (Å²) in [5, 5.41) is 0. The third kappa shape index (κ3) is 1.17. The highest BCUT2D eigenvalue weighted by molar-refractivity contribution is 6.01. The maximum Gasteiger partial charge on any atom is 0.254 e. The van der Waals surface area contributed by atoms with Gasteiger partial charge in [0, 0.05) is 35.1 Å². The molecule has 2 aliphatic rings. The molecule has 1 aromatic carbocycles. The van der Waals surface area contributed by atoms with E-state index in [1.165, 1.54) is 0 Å². The lowest BCUT2D eigenvalue weighted by Gasteiger charge is -2.13. The van der Waals surface area contributed by atoms with Gasteiger partial charge >= 0.3 is 0 Å². The first-order valence-electron chi connectivity index (χ1n) is 5.15. The number of carbonyl (C=O) groups excluding carboxylic acids is 1. The van der Waals surface area contributed by atoms with Gasteiger partial charge in [0.15, 0.2) is 0 Å². The Labute approximate surface area is 87.8 Å². The number of amides is 1. The van der Waals surface area contributed by atoms with Crippen LogP contribution in [0, 0.1) is 0 Å². The van der Waals surface area contributed by atoms with Crippen molar-refractivity contribution in [2.24, 2.45) is 0 Å². The number of hydrogen-bond acceptors (Lipinski definition) is 3. The van der Waals surface area contributed by atoms with Crippen LogP contribution in [0.5, 0.6) is 0 Å². The van der Waals surface area contributed by atoms with Gasteiger partial charge in [-0.15, -0.1) is 0 Å². The molecule has 1 aliphatic heterocycles. The molecule has 0 saturated heterocycles. The fourth-order valence-electron chi connectivity index (χ4n) is 2.16. The zero-order valence-corrected chi connectivity index (χ0v) is 8.36. The van der Waals surface area contributed by atoms with Crippen LogP contribution in [0.25, 0.3) is 0 Å². The molecule has 1 saturated carbocycles. The second kappa shape index (κ2) is 2.66. The highest BCUT2D eigenvalue weighted by Crippen LogP contribution is 2.37. The molecule has 4 heteroatoms. The van der Waals surface area contributed by atoms with Gasteiger partial charge in [0.25, 0.3) is 5.91 Å². The van der Waals surface area contributed by atoms with Crippen molar-refractivity contribution in [3.8, 4) is 0 Å². The molecule has 0 aromatic heterocycles. The van der Waals surface area contributed by atoms with Gasteiger partial charge in [-0.3, -0.25) is 4.79 Å². The quantitative estimate of drug-likeness (QED) is 0.668. The van der Waals surface area contributed by atoms with Crippen molar-refractivity contribution in [3.63, 3.8) is 0 Å². The third-order valence-electron chi connectivity index (χ3n) is 3.11. The topological polar surface area (TPSA) is 72.3 Å². The maximum absolute atomic E-state index is 12.0. The molecule has 0 atom stereocenters. The first kappa shape index (κ1) is 8.59. The van der Waals surface area contributed by atoms with Crippen LogP contribution in [0.4, 0.5) is 11.4 Å². The smallest absolute Gasteiger partial charge is 0.254 e. The Hall–Kier alpha value is -1.71. The van der Waals surface area contributed by atoms with Crippen LogP contribution in [-0.4, -0.2) is 16.8 Å². The average Bonchev–Trinajstić information content (AvgIpc) is 2.94. The van der Waals surface area contributed by atoms with E-state index in [1.807, 2.05) is 4.90 Å². The molecule has 4 N–H and O–H groups in total. The van der Waals surface area contributed by atoms with E-state index in [0.717, 1.165) is 18.4 Å². The van der Waals surface area contributed by atoms with Crippen LogP contribution >= 0.6 is 0 Å². The molecule has 15 heavy (non-hydrogen) atoms. The lowest BCUT2D eigenvalue weighted by atomic mass is 10.1. The Kier molecular flexibility index (Phi) is 1.52. The Bertz CT molecular complexity index is 451. The highest BCUT2D eigenvalue weighted by Gasteiger charge is 2.38. The van der Waals surface area contributed by atoms with Gasteiger partial charge in [-0.1, -0.05) is 0 Å². The van der Waals surface area contributed by atoms with Crippen molar-refractivity contribution in [2.45, 2.75) is 25.4 Å². The summed E-state index contributed by atoms with van der Waals surface area (Å²) in [6, 6.07) is 3.89. The fraction of sp³-hybridized carbons (Fsp3) is 0.364. The highest BCUT2D eigenvalue weighted by atomic mass is 16.2. The number of carbonyl (C=O) groups is 1. The zero-order chi connectivity index (χ0) is 10.6. The van der Waals surface area contributed by atoms with E-state index in [0.29, 0.717) is 29.5 Å². The van der Waals surface area contributed by atoms with Gasteiger partial charge in [-0.25, -0.2) is 0 Å². The summed E-state index contributed by atoms with van der Waals surface area (Å²) in [5.74, 6) is 0.0894. The summed E-state index contributed by atoms with van der Waals surface area (Å²) < 4.78 is 0. The minimum Gasteiger partial charge on any atom is -0.399 e. The van der Waals surface area contributed by atoms with E-state index in [4.69, 9.17) is 11.5 Å². The molecular formula is C11H13N3O. The first-order valence-corrected chi connectivity index (χ1v) is 5.15. The molecule has 0 spiro atoms. The van der Waals surface area contributed by atoms with Crippen molar-refractivity contribution >= 4 is 17.3 Å². The maximum atomic E-state index is 12.0. The summed E-state index contributed by atoms with van der Waals surface area (Å²) in [4.78, 5) is 13.9. The number of nitrogens with zero attached hydrogens (tertiary/aromatic N) is 1. The Morgan fingerprint density at radius 3 is 2.67 bits per heavy atom. The monoisotopic (exact) mass is 203 g/mol. The Morgan fingerprint density at radius 2 is 2.00 bits per heavy atom. The minimum absolute atomic E-state index is 0.0894. The molecule has 1 amide bonds. The Morgan fingerprint density at radius 1 is 1.27 bits per heavy atom. The summed E-state index contributed by atoms with van der Waals surface area (Å²) >= 11 is 0. The molecule has 78 valence electrons. The molecule has 0 radical (unpaired) electrons. The van der Waals surface area contributed by atoms with E-state index < -0.39 is 0 Å². The molecule has 4 nitrogen and oxygen atoms in total. The number of benzene rings is 1. The van der Waals surface area contributed by atoms with E-state index in [2.05, 4.69) is 0 Å². The molecule has 1 heterocycles. The van der Waals surface area contributed by atoms with Crippen LogP contribution in [0.15, 0.2) is 12.1 Å². The Balaban J connectivity index is 2.07. The SMILES string of the molecule is Nc1cc(N)c2c(c1)C(=O)N(C1CC1)C2. The molecule has 3 rings (SSSR count). The lowest BCUT2D eigenvalue weighted by molar-refractivity contribution is 0.0767. The summed E-state index contributed by atoms with van der Waals surface area (Å²) in [7, 11) is 0. The second-order valence-electron chi connectivity index (χ2n) is 4.30. The van der Waals surface area contributed by atoms with Crippen molar-refractivity contribution in [1.29, 1.82) is 0 Å². The van der Waals surface area contributed by atoms with E-state index in [9.17, 15) is 4.79 Å². The van der Waals surface area contributed by atoms with Gasteiger partial charge in [0.2, 0.25) is 0 Å². The van der Waals surface area contributed by atoms with Gasteiger partial charge in [-0.05, 0) is 25.0 Å². The van der Waals surface area contributed by atoms with Gasteiger partial charge in [0.05, 0.1) is 0 Å². The van der Waals surface area contributed by atoms with Crippen LogP contribution < -0.4 is 11.5 Å². The van der Waals surface area contributed by atoms with Gasteiger partial charge in [0.1, 0.15) is 0 Å². The first-order chi connectivity index (χ1) is 7.16. The van der Waals surface area contributed by atoms with Gasteiger partial charge in [-0.2, -0.15) is 0 Å². The normalized spacial score (nSPS) is 19.5. The number of nitrogens with two attached hydrogens (primary N) is 2. The minimum atomic E-state index is 0.0894. The molecule has 0 bridgehead atoms. The largest absolute Gasteiger partial charge is 0.399 e. The van der Waals surface area contributed by atoms with Crippen LogP contribution in [0.3, 0.4) is 0 Å². The van der Waals surface area contributed by atoms with Crippen molar-refractivity contribution in [2.75, 3.05) is 11.5 Å². The van der Waals surface area contributed by atoms with Crippen LogP contribution in [0.2, 0.25) is 0 Å². The summed E-state index contributed by atoms with van der Waals surface area (Å²) in [6.07, 6.45) is 2.24. The predicted octanol–water partition coefficient (Wildman–Crippen LogP) is 0.969. The van der Waals surface area contributed by atoms with Crippen LogP contribution in [-0.2, 0) is 6.54 Å². The van der Waals surface area contributed by atoms with Crippen LogP contribution in [0.1, 0.15) is 28.8 Å². The third-order valence-corrected chi connectivity index (χ3v) is 3.11. The van der Waals surface area contributed by atoms with Gasteiger partial charge < -0.3 is 16.4 Å². The lowest BCUT2D eigenvalue weighted by Crippen LogP contribution is -2.25. The van der Waals surface area contributed by atoms with E-state index >= 15 is 0 Å². The summed E-state index contributed by atoms with van der Waals surface area (Å²) in [6.45, 7) is 0.658. The molecule has 1 aromatic rings. The number of anilines is 2. The number of rotatable bonds is 1. The zero-order valence-electron chi connectivity index (χ0n) is 8.36. The van der Waals surface area contributed by atoms with E-state index in [-0.39, 0.29) is 5.91 Å². The van der Waals surface area contributed by atoms with Crippen molar-refractivity contribution < 1.29 is 4.79 Å². The predicted molar refractivity (Wildman–Crippen MR) is 58.2 cm³/mol. The number of hydrogen-bond donors (Lipinski definition) is 2. The van der Waals surface area contributed by atoms with E-state index in [1.54, 1.807) is 12.1 Å². The number of nitrogen functional groups attached to an aromatic ring is 2.